The molecule has 0 aliphatic carbocycles. The van der Waals surface area contributed by atoms with E-state index in [0.29, 0.717) is 16.9 Å². The van der Waals surface area contributed by atoms with Gasteiger partial charge in [0.05, 0.1) is 10.6 Å². The van der Waals surface area contributed by atoms with Gasteiger partial charge in [-0.15, -0.1) is 0 Å². The fourth-order valence-corrected chi connectivity index (χ4v) is 3.21. The summed E-state index contributed by atoms with van der Waals surface area (Å²) >= 11 is 0. The number of rotatable bonds is 3. The Morgan fingerprint density at radius 3 is 2.43 bits per heavy atom. The number of anilines is 1. The molecular weight excluding hydrogens is 314 g/mol. The summed E-state index contributed by atoms with van der Waals surface area (Å²) in [6, 6.07) is 6.07. The van der Waals surface area contributed by atoms with Gasteiger partial charge < -0.3 is 5.32 Å². The lowest BCUT2D eigenvalue weighted by Gasteiger charge is -2.08. The molecule has 0 atom stereocenters. The standard InChI is InChI=1S/C13H14ClN3O3S/c1-8-6-10(4-5-12(8)21(14,19)20)15-13(18)11-7-9(2)16-17(11)3/h4-7H,1-3H3,(H,15,18). The average Bonchev–Trinajstić information content (AvgIpc) is 2.67. The van der Waals surface area contributed by atoms with Gasteiger partial charge in [0.15, 0.2) is 0 Å². The van der Waals surface area contributed by atoms with Gasteiger partial charge in [-0.3, -0.25) is 9.48 Å². The predicted molar refractivity (Wildman–Crippen MR) is 80.1 cm³/mol. The molecule has 0 saturated carbocycles. The van der Waals surface area contributed by atoms with Crippen molar-refractivity contribution in [1.29, 1.82) is 0 Å². The summed E-state index contributed by atoms with van der Waals surface area (Å²) in [5.74, 6) is -0.320. The molecule has 0 unspecified atom stereocenters. The Morgan fingerprint density at radius 1 is 1.29 bits per heavy atom. The van der Waals surface area contributed by atoms with Gasteiger partial charge >= 0.3 is 0 Å². The minimum absolute atomic E-state index is 0.0264. The first kappa shape index (κ1) is 15.5. The van der Waals surface area contributed by atoms with Crippen LogP contribution in [0.1, 0.15) is 21.7 Å². The number of benzene rings is 1. The monoisotopic (exact) mass is 327 g/mol. The molecule has 21 heavy (non-hydrogen) atoms. The highest BCUT2D eigenvalue weighted by atomic mass is 35.7. The van der Waals surface area contributed by atoms with Crippen molar-refractivity contribution in [3.05, 3.63) is 41.2 Å². The van der Waals surface area contributed by atoms with Gasteiger partial charge in [0, 0.05) is 23.4 Å². The Morgan fingerprint density at radius 2 is 1.95 bits per heavy atom. The van der Waals surface area contributed by atoms with E-state index >= 15 is 0 Å². The lowest BCUT2D eigenvalue weighted by atomic mass is 10.2. The van der Waals surface area contributed by atoms with E-state index in [2.05, 4.69) is 10.4 Å². The van der Waals surface area contributed by atoms with E-state index < -0.39 is 9.05 Å². The quantitative estimate of drug-likeness (QED) is 0.876. The summed E-state index contributed by atoms with van der Waals surface area (Å²) in [7, 11) is 3.20. The maximum absolute atomic E-state index is 12.1. The first-order valence-corrected chi connectivity index (χ1v) is 8.37. The number of hydrogen-bond acceptors (Lipinski definition) is 4. The van der Waals surface area contributed by atoms with E-state index in [1.165, 1.54) is 16.8 Å². The Hall–Kier alpha value is -1.86. The zero-order valence-electron chi connectivity index (χ0n) is 11.7. The predicted octanol–water partition coefficient (Wildman–Crippen LogP) is 2.22. The number of carbonyl (C=O) groups excluding carboxylic acids is 1. The molecule has 2 aromatic rings. The minimum Gasteiger partial charge on any atom is -0.321 e. The summed E-state index contributed by atoms with van der Waals surface area (Å²) in [6.45, 7) is 3.40. The summed E-state index contributed by atoms with van der Waals surface area (Å²) < 4.78 is 24.1. The third-order valence-corrected chi connectivity index (χ3v) is 4.41. The Bertz CT molecular complexity index is 812. The third-order valence-electron chi connectivity index (χ3n) is 2.93. The van der Waals surface area contributed by atoms with Gasteiger partial charge in [-0.25, -0.2) is 8.42 Å². The second kappa shape index (κ2) is 5.50. The van der Waals surface area contributed by atoms with Crippen LogP contribution in [0.2, 0.25) is 0 Å². The van der Waals surface area contributed by atoms with E-state index in [-0.39, 0.29) is 10.8 Å². The molecule has 1 N–H and O–H groups in total. The minimum atomic E-state index is -3.79. The summed E-state index contributed by atoms with van der Waals surface area (Å²) in [4.78, 5) is 12.2. The summed E-state index contributed by atoms with van der Waals surface area (Å²) in [5.41, 5.74) is 2.10. The van der Waals surface area contributed by atoms with Crippen molar-refractivity contribution in [2.45, 2.75) is 18.7 Å². The number of halogens is 1. The molecule has 0 bridgehead atoms. The van der Waals surface area contributed by atoms with E-state index in [0.717, 1.165) is 5.69 Å². The molecule has 1 aromatic heterocycles. The molecule has 0 aliphatic heterocycles. The Labute approximate surface area is 127 Å². The van der Waals surface area contributed by atoms with Crippen LogP contribution in [-0.2, 0) is 16.1 Å². The number of carbonyl (C=O) groups is 1. The first-order valence-electron chi connectivity index (χ1n) is 6.06. The molecule has 112 valence electrons. The zero-order valence-corrected chi connectivity index (χ0v) is 13.3. The van der Waals surface area contributed by atoms with Crippen molar-refractivity contribution in [3.8, 4) is 0 Å². The number of nitrogens with zero attached hydrogens (tertiary/aromatic N) is 2. The largest absolute Gasteiger partial charge is 0.321 e. The maximum Gasteiger partial charge on any atom is 0.273 e. The molecule has 0 spiro atoms. The highest BCUT2D eigenvalue weighted by Crippen LogP contribution is 2.23. The molecular formula is C13H14ClN3O3S. The molecule has 0 fully saturated rings. The third kappa shape index (κ3) is 3.43. The smallest absolute Gasteiger partial charge is 0.273 e. The van der Waals surface area contributed by atoms with Crippen LogP contribution in [0.15, 0.2) is 29.2 Å². The fourth-order valence-electron chi connectivity index (χ4n) is 2.02. The lowest BCUT2D eigenvalue weighted by molar-refractivity contribution is 0.101. The van der Waals surface area contributed by atoms with Gasteiger partial charge in [0.25, 0.3) is 15.0 Å². The van der Waals surface area contributed by atoms with Crippen LogP contribution in [0.3, 0.4) is 0 Å². The maximum atomic E-state index is 12.1. The summed E-state index contributed by atoms with van der Waals surface area (Å²) in [5, 5.41) is 6.79. The van der Waals surface area contributed by atoms with Crippen LogP contribution in [0, 0.1) is 13.8 Å². The van der Waals surface area contributed by atoms with Crippen LogP contribution >= 0.6 is 10.7 Å². The van der Waals surface area contributed by atoms with Gasteiger partial charge in [-0.05, 0) is 43.7 Å². The van der Waals surface area contributed by atoms with Crippen molar-refractivity contribution in [3.63, 3.8) is 0 Å². The number of nitrogens with one attached hydrogen (secondary N) is 1. The zero-order chi connectivity index (χ0) is 15.8. The second-order valence-electron chi connectivity index (χ2n) is 4.67. The molecule has 1 aromatic carbocycles. The van der Waals surface area contributed by atoms with Crippen molar-refractivity contribution < 1.29 is 13.2 Å². The molecule has 1 heterocycles. The van der Waals surface area contributed by atoms with Gasteiger partial charge in [0.2, 0.25) is 0 Å². The molecule has 0 radical (unpaired) electrons. The van der Waals surface area contributed by atoms with Crippen LogP contribution in [0.5, 0.6) is 0 Å². The average molecular weight is 328 g/mol. The summed E-state index contributed by atoms with van der Waals surface area (Å²) in [6.07, 6.45) is 0. The second-order valence-corrected chi connectivity index (χ2v) is 7.20. The Kier molecular flexibility index (Phi) is 4.06. The van der Waals surface area contributed by atoms with Crippen LogP contribution in [-0.4, -0.2) is 24.1 Å². The molecule has 0 saturated heterocycles. The van der Waals surface area contributed by atoms with Crippen LogP contribution in [0.25, 0.3) is 0 Å². The number of aryl methyl sites for hydroxylation is 3. The van der Waals surface area contributed by atoms with Crippen molar-refractivity contribution in [2.24, 2.45) is 7.05 Å². The number of aromatic nitrogens is 2. The highest BCUT2D eigenvalue weighted by molar-refractivity contribution is 8.13. The van der Waals surface area contributed by atoms with Crippen molar-refractivity contribution >= 4 is 31.3 Å². The molecule has 2 rings (SSSR count). The van der Waals surface area contributed by atoms with Crippen molar-refractivity contribution in [1.82, 2.24) is 9.78 Å². The molecule has 1 amide bonds. The van der Waals surface area contributed by atoms with Crippen molar-refractivity contribution in [2.75, 3.05) is 5.32 Å². The fraction of sp³-hybridized carbons (Fsp3) is 0.231. The molecule has 6 nitrogen and oxygen atoms in total. The lowest BCUT2D eigenvalue weighted by Crippen LogP contribution is -2.16. The first-order chi connectivity index (χ1) is 9.68. The van der Waals surface area contributed by atoms with E-state index in [4.69, 9.17) is 10.7 Å². The Balaban J connectivity index is 2.27. The van der Waals surface area contributed by atoms with Gasteiger partial charge in [-0.2, -0.15) is 5.10 Å². The molecule has 0 aliphatic rings. The van der Waals surface area contributed by atoms with E-state index in [1.807, 2.05) is 0 Å². The number of amides is 1. The van der Waals surface area contributed by atoms with E-state index in [1.54, 1.807) is 33.0 Å². The van der Waals surface area contributed by atoms with Crippen LogP contribution < -0.4 is 5.32 Å². The van der Waals surface area contributed by atoms with E-state index in [9.17, 15) is 13.2 Å². The van der Waals surface area contributed by atoms with Gasteiger partial charge in [0.1, 0.15) is 5.69 Å². The molecule has 8 heteroatoms. The topological polar surface area (TPSA) is 81.1 Å². The normalized spacial score (nSPS) is 11.4. The van der Waals surface area contributed by atoms with Gasteiger partial charge in [-0.1, -0.05) is 0 Å². The number of hydrogen-bond donors (Lipinski definition) is 1. The van der Waals surface area contributed by atoms with Crippen LogP contribution in [0.4, 0.5) is 5.69 Å². The highest BCUT2D eigenvalue weighted by Gasteiger charge is 2.15. The SMILES string of the molecule is Cc1cc(C(=O)Nc2ccc(S(=O)(=O)Cl)c(C)c2)n(C)n1.